The van der Waals surface area contributed by atoms with Crippen LogP contribution in [0.15, 0.2) is 38.8 Å². The van der Waals surface area contributed by atoms with Crippen LogP contribution in [0.1, 0.15) is 17.5 Å². The molecule has 0 atom stereocenters. The predicted octanol–water partition coefficient (Wildman–Crippen LogP) is 1.57. The molecule has 0 bridgehead atoms. The van der Waals surface area contributed by atoms with Gasteiger partial charge in [0.15, 0.2) is 9.84 Å². The van der Waals surface area contributed by atoms with E-state index < -0.39 is 19.9 Å². The molecule has 3 N–H and O–H groups in total. The molecule has 0 aliphatic heterocycles. The third-order valence-corrected chi connectivity index (χ3v) is 8.56. The fourth-order valence-corrected chi connectivity index (χ4v) is 6.10. The highest BCUT2D eigenvalue weighted by molar-refractivity contribution is 7.95. The summed E-state index contributed by atoms with van der Waals surface area (Å²) in [6.07, 6.45) is 0.921. The van der Waals surface area contributed by atoms with E-state index in [0.29, 0.717) is 30.7 Å². The second-order valence-electron chi connectivity index (χ2n) is 6.24. The topological polar surface area (TPSA) is 118 Å². The van der Waals surface area contributed by atoms with E-state index in [1.54, 1.807) is 12.1 Å². The third-order valence-electron chi connectivity index (χ3n) is 3.65. The van der Waals surface area contributed by atoms with Crippen molar-refractivity contribution in [2.24, 2.45) is 5.14 Å². The van der Waals surface area contributed by atoms with Crippen LogP contribution in [0.2, 0.25) is 0 Å². The summed E-state index contributed by atoms with van der Waals surface area (Å²) >= 11 is 0.665. The molecule has 144 valence electrons. The van der Waals surface area contributed by atoms with Crippen LogP contribution in [0.3, 0.4) is 0 Å². The van der Waals surface area contributed by atoms with E-state index in [2.05, 4.69) is 0 Å². The van der Waals surface area contributed by atoms with Crippen molar-refractivity contribution in [3.8, 4) is 5.75 Å². The zero-order valence-electron chi connectivity index (χ0n) is 14.5. The summed E-state index contributed by atoms with van der Waals surface area (Å²) in [7, 11) is -3.67. The quantitative estimate of drug-likeness (QED) is 0.672. The number of sulfonamides is 1. The highest BCUT2D eigenvalue weighted by Crippen LogP contribution is 2.26. The molecule has 1 heterocycles. The molecule has 0 aliphatic rings. The summed E-state index contributed by atoms with van der Waals surface area (Å²) in [5.41, 5.74) is 1.72. The second-order valence-corrected chi connectivity index (χ2v) is 11.4. The average Bonchev–Trinajstić information content (AvgIpc) is 3.01. The highest BCUT2D eigenvalue weighted by Gasteiger charge is 2.20. The number of hydrogen-bond acceptors (Lipinski definition) is 7. The molecule has 0 saturated heterocycles. The number of aromatic hydroxyl groups is 1. The Hall–Kier alpha value is -1.46. The number of benzene rings is 1. The van der Waals surface area contributed by atoms with Crippen LogP contribution in [0.25, 0.3) is 0 Å². The molecule has 1 aromatic carbocycles. The number of nitrogens with zero attached hydrogens (tertiary/aromatic N) is 1. The number of phenolic OH excluding ortho intramolecular Hbond substituents is 1. The van der Waals surface area contributed by atoms with Gasteiger partial charge in [0.05, 0.1) is 5.75 Å². The lowest BCUT2D eigenvalue weighted by atomic mass is 10.1. The van der Waals surface area contributed by atoms with Gasteiger partial charge in [0.25, 0.3) is 0 Å². The van der Waals surface area contributed by atoms with E-state index in [1.807, 2.05) is 25.1 Å². The largest absolute Gasteiger partial charge is 0.508 e. The number of rotatable bonds is 8. The van der Waals surface area contributed by atoms with E-state index >= 15 is 0 Å². The lowest BCUT2D eigenvalue weighted by Crippen LogP contribution is -2.11. The van der Waals surface area contributed by atoms with Crippen LogP contribution in [0.5, 0.6) is 5.75 Å². The number of primary sulfonamides is 1. The Morgan fingerprint density at radius 3 is 2.31 bits per heavy atom. The van der Waals surface area contributed by atoms with Crippen molar-refractivity contribution in [3.63, 3.8) is 0 Å². The second kappa shape index (κ2) is 8.05. The van der Waals surface area contributed by atoms with Crippen molar-refractivity contribution in [2.45, 2.75) is 27.8 Å². The van der Waals surface area contributed by atoms with Crippen LogP contribution in [-0.2, 0) is 32.8 Å². The van der Waals surface area contributed by atoms with Crippen LogP contribution in [-0.4, -0.2) is 46.7 Å². The van der Waals surface area contributed by atoms with Crippen LogP contribution >= 0.6 is 11.3 Å². The minimum absolute atomic E-state index is 0.000489. The van der Waals surface area contributed by atoms with Gasteiger partial charge in [-0.05, 0) is 50.7 Å². The Kier molecular flexibility index (Phi) is 6.46. The predicted molar refractivity (Wildman–Crippen MR) is 102 cm³/mol. The molecule has 0 spiro atoms. The van der Waals surface area contributed by atoms with Gasteiger partial charge in [0.1, 0.15) is 14.2 Å². The summed E-state index contributed by atoms with van der Waals surface area (Å²) < 4.78 is 47.1. The Morgan fingerprint density at radius 2 is 1.73 bits per heavy atom. The van der Waals surface area contributed by atoms with Gasteiger partial charge in [-0.25, -0.2) is 22.0 Å². The summed E-state index contributed by atoms with van der Waals surface area (Å²) in [5.74, 6) is 0.116. The van der Waals surface area contributed by atoms with Gasteiger partial charge >= 0.3 is 0 Å². The normalized spacial score (nSPS) is 12.6. The molecule has 0 aliphatic carbocycles. The molecule has 0 amide bonds. The summed E-state index contributed by atoms with van der Waals surface area (Å²) in [5, 5.41) is 14.9. The van der Waals surface area contributed by atoms with Gasteiger partial charge in [-0.15, -0.1) is 11.3 Å². The number of hydrogen-bond donors (Lipinski definition) is 2. The van der Waals surface area contributed by atoms with E-state index in [4.69, 9.17) is 5.14 Å². The first-order valence-electron chi connectivity index (χ1n) is 7.80. The summed E-state index contributed by atoms with van der Waals surface area (Å²) in [6, 6.07) is 7.73. The maximum Gasteiger partial charge on any atom is 0.247 e. The van der Waals surface area contributed by atoms with E-state index in [9.17, 15) is 21.9 Å². The maximum absolute atomic E-state index is 12.4. The van der Waals surface area contributed by atoms with E-state index in [-0.39, 0.29) is 19.9 Å². The number of nitrogens with two attached hydrogens (primary N) is 1. The maximum atomic E-state index is 12.4. The number of sulfone groups is 1. The number of aryl methyl sites for hydroxylation is 1. The van der Waals surface area contributed by atoms with Crippen LogP contribution in [0, 0.1) is 0 Å². The van der Waals surface area contributed by atoms with Crippen molar-refractivity contribution in [2.75, 3.05) is 19.8 Å². The smallest absolute Gasteiger partial charge is 0.247 e. The van der Waals surface area contributed by atoms with Gasteiger partial charge in [-0.3, -0.25) is 0 Å². The fraction of sp³-hybridized carbons (Fsp3) is 0.375. The van der Waals surface area contributed by atoms with Gasteiger partial charge in [-0.1, -0.05) is 12.1 Å². The summed E-state index contributed by atoms with van der Waals surface area (Å²) in [6.45, 7) is 0.587. The molecule has 26 heavy (non-hydrogen) atoms. The van der Waals surface area contributed by atoms with Gasteiger partial charge in [0.2, 0.25) is 10.0 Å². The summed E-state index contributed by atoms with van der Waals surface area (Å²) in [4.78, 5) is 1.93. The molecule has 0 fully saturated rings. The lowest BCUT2D eigenvalue weighted by Gasteiger charge is -2.12. The minimum atomic E-state index is -3.90. The first-order chi connectivity index (χ1) is 12.0. The van der Waals surface area contributed by atoms with Crippen LogP contribution in [0.4, 0.5) is 0 Å². The molecule has 10 heteroatoms. The van der Waals surface area contributed by atoms with Crippen molar-refractivity contribution in [1.29, 1.82) is 0 Å². The highest BCUT2D eigenvalue weighted by atomic mass is 32.3. The molecular weight excluding hydrogens is 396 g/mol. The standard InChI is InChI=1S/C16H22N2O5S3/c1-18(2)11-13-10-12(5-6-14(13)19)4-3-9-25(20,21)15-7-8-16(24-15)26(17,22)23/h5-8,10,19H,3-4,9,11H2,1-2H3,(H2,17,22,23). The Balaban J connectivity index is 2.04. The van der Waals surface area contributed by atoms with Gasteiger partial charge in [-0.2, -0.15) is 0 Å². The molecule has 7 nitrogen and oxygen atoms in total. The zero-order valence-corrected chi connectivity index (χ0v) is 17.0. The molecule has 2 rings (SSSR count). The van der Waals surface area contributed by atoms with Gasteiger partial charge in [0, 0.05) is 12.1 Å². The van der Waals surface area contributed by atoms with Crippen LogP contribution < -0.4 is 5.14 Å². The fourth-order valence-electron chi connectivity index (χ4n) is 2.45. The first kappa shape index (κ1) is 20.8. The molecule has 0 saturated carbocycles. The van der Waals surface area contributed by atoms with Gasteiger partial charge < -0.3 is 10.0 Å². The lowest BCUT2D eigenvalue weighted by molar-refractivity contribution is 0.385. The molecular formula is C16H22N2O5S3. The van der Waals surface area contributed by atoms with E-state index in [0.717, 1.165) is 11.1 Å². The van der Waals surface area contributed by atoms with Crippen molar-refractivity contribution in [3.05, 3.63) is 41.5 Å². The molecule has 1 aromatic heterocycles. The molecule has 2 aromatic rings. The number of phenols is 1. The SMILES string of the molecule is CN(C)Cc1cc(CCCS(=O)(=O)c2ccc(S(N)(=O)=O)s2)ccc1O. The zero-order chi connectivity index (χ0) is 19.5. The van der Waals surface area contributed by atoms with Crippen molar-refractivity contribution >= 4 is 31.2 Å². The Bertz CT molecular complexity index is 979. The van der Waals surface area contributed by atoms with Crippen molar-refractivity contribution < 1.29 is 21.9 Å². The number of thiophene rings is 1. The van der Waals surface area contributed by atoms with E-state index in [1.165, 1.54) is 12.1 Å². The Morgan fingerprint density at radius 1 is 1.08 bits per heavy atom. The van der Waals surface area contributed by atoms with Crippen molar-refractivity contribution in [1.82, 2.24) is 4.90 Å². The third kappa shape index (κ3) is 5.52. The Labute approximate surface area is 158 Å². The minimum Gasteiger partial charge on any atom is -0.508 e. The molecule has 0 unspecified atom stereocenters. The average molecular weight is 419 g/mol. The monoisotopic (exact) mass is 418 g/mol. The first-order valence-corrected chi connectivity index (χ1v) is 11.8. The molecule has 0 radical (unpaired) electrons.